The molecule has 1 unspecified atom stereocenters. The van der Waals surface area contributed by atoms with E-state index in [9.17, 15) is 9.59 Å². The molecule has 1 heterocycles. The maximum Gasteiger partial charge on any atom is 0.270 e. The maximum atomic E-state index is 12.4. The van der Waals surface area contributed by atoms with E-state index in [0.29, 0.717) is 11.3 Å². The Morgan fingerprint density at radius 1 is 1.22 bits per heavy atom. The summed E-state index contributed by atoms with van der Waals surface area (Å²) < 4.78 is 0. The molecular formula is C18H27N3O2. The molecule has 2 N–H and O–H groups in total. The van der Waals surface area contributed by atoms with Crippen molar-refractivity contribution in [2.45, 2.75) is 70.9 Å². The van der Waals surface area contributed by atoms with Crippen LogP contribution in [0.2, 0.25) is 0 Å². The van der Waals surface area contributed by atoms with E-state index in [2.05, 4.69) is 15.6 Å². The van der Waals surface area contributed by atoms with Gasteiger partial charge in [0.2, 0.25) is 0 Å². The Hall–Kier alpha value is -1.91. The molecule has 0 saturated heterocycles. The molecule has 0 aromatic carbocycles. The van der Waals surface area contributed by atoms with Gasteiger partial charge in [-0.2, -0.15) is 0 Å². The molecule has 1 aromatic heterocycles. The lowest BCUT2D eigenvalue weighted by Crippen LogP contribution is -2.35. The molecule has 5 heteroatoms. The van der Waals surface area contributed by atoms with Crippen molar-refractivity contribution in [1.29, 1.82) is 0 Å². The van der Waals surface area contributed by atoms with Gasteiger partial charge in [0.05, 0.1) is 0 Å². The van der Waals surface area contributed by atoms with Crippen LogP contribution in [0.4, 0.5) is 0 Å². The minimum Gasteiger partial charge on any atom is -0.349 e. The fourth-order valence-corrected chi connectivity index (χ4v) is 2.79. The number of rotatable bonds is 5. The van der Waals surface area contributed by atoms with Gasteiger partial charge in [-0.1, -0.05) is 32.6 Å². The molecule has 1 aliphatic carbocycles. The Morgan fingerprint density at radius 3 is 2.57 bits per heavy atom. The van der Waals surface area contributed by atoms with E-state index in [4.69, 9.17) is 0 Å². The van der Waals surface area contributed by atoms with E-state index >= 15 is 0 Å². The highest BCUT2D eigenvalue weighted by Gasteiger charge is 2.17. The van der Waals surface area contributed by atoms with Gasteiger partial charge in [0.25, 0.3) is 11.8 Å². The predicted molar refractivity (Wildman–Crippen MR) is 90.4 cm³/mol. The zero-order valence-corrected chi connectivity index (χ0v) is 14.1. The van der Waals surface area contributed by atoms with Crippen molar-refractivity contribution in [3.63, 3.8) is 0 Å². The lowest BCUT2D eigenvalue weighted by Gasteiger charge is -2.16. The van der Waals surface area contributed by atoms with Crippen molar-refractivity contribution in [3.8, 4) is 0 Å². The van der Waals surface area contributed by atoms with Crippen LogP contribution < -0.4 is 10.6 Å². The average Bonchev–Trinajstić information content (AvgIpc) is 2.83. The Morgan fingerprint density at radius 2 is 1.91 bits per heavy atom. The summed E-state index contributed by atoms with van der Waals surface area (Å²) in [6.45, 7) is 3.95. The number of hydrogen-bond donors (Lipinski definition) is 2. The summed E-state index contributed by atoms with van der Waals surface area (Å²) in [6.07, 6.45) is 9.30. The molecule has 23 heavy (non-hydrogen) atoms. The maximum absolute atomic E-state index is 12.4. The van der Waals surface area contributed by atoms with Gasteiger partial charge < -0.3 is 10.6 Å². The van der Waals surface area contributed by atoms with Crippen LogP contribution in [0.15, 0.2) is 18.3 Å². The van der Waals surface area contributed by atoms with Crippen molar-refractivity contribution < 1.29 is 9.59 Å². The molecule has 0 spiro atoms. The number of hydrogen-bond acceptors (Lipinski definition) is 3. The van der Waals surface area contributed by atoms with Crippen LogP contribution in [-0.4, -0.2) is 28.9 Å². The van der Waals surface area contributed by atoms with E-state index in [1.807, 2.05) is 13.8 Å². The molecule has 1 atom stereocenters. The van der Waals surface area contributed by atoms with Gasteiger partial charge in [0, 0.05) is 23.8 Å². The lowest BCUT2D eigenvalue weighted by molar-refractivity contribution is 0.0933. The quantitative estimate of drug-likeness (QED) is 0.820. The van der Waals surface area contributed by atoms with Crippen molar-refractivity contribution >= 4 is 11.8 Å². The van der Waals surface area contributed by atoms with Gasteiger partial charge in [0.15, 0.2) is 0 Å². The molecular weight excluding hydrogens is 290 g/mol. The summed E-state index contributed by atoms with van der Waals surface area (Å²) in [5, 5.41) is 5.96. The second-order valence-electron chi connectivity index (χ2n) is 6.37. The van der Waals surface area contributed by atoms with Crippen LogP contribution in [0.25, 0.3) is 0 Å². The smallest absolute Gasteiger partial charge is 0.270 e. The van der Waals surface area contributed by atoms with E-state index in [0.717, 1.165) is 19.3 Å². The molecule has 5 nitrogen and oxygen atoms in total. The zero-order chi connectivity index (χ0) is 16.7. The van der Waals surface area contributed by atoms with Crippen molar-refractivity contribution in [1.82, 2.24) is 15.6 Å². The van der Waals surface area contributed by atoms with Gasteiger partial charge in [-0.05, 0) is 38.3 Å². The third-order valence-corrected chi connectivity index (χ3v) is 4.44. The predicted octanol–water partition coefficient (Wildman–Crippen LogP) is 3.06. The van der Waals surface area contributed by atoms with Gasteiger partial charge in [-0.15, -0.1) is 0 Å². The summed E-state index contributed by atoms with van der Waals surface area (Å²) >= 11 is 0. The largest absolute Gasteiger partial charge is 0.349 e. The highest BCUT2D eigenvalue weighted by Crippen LogP contribution is 2.17. The number of nitrogens with one attached hydrogen (secondary N) is 2. The Labute approximate surface area is 138 Å². The lowest BCUT2D eigenvalue weighted by atomic mass is 10.1. The highest BCUT2D eigenvalue weighted by atomic mass is 16.2. The molecule has 1 aliphatic rings. The first kappa shape index (κ1) is 17.4. The summed E-state index contributed by atoms with van der Waals surface area (Å²) in [6, 6.07) is 3.57. The fraction of sp³-hybridized carbons (Fsp3) is 0.611. The number of carbonyl (C=O) groups is 2. The van der Waals surface area contributed by atoms with Crippen molar-refractivity contribution in [2.24, 2.45) is 0 Å². The summed E-state index contributed by atoms with van der Waals surface area (Å²) in [5.41, 5.74) is 0.789. The van der Waals surface area contributed by atoms with Crippen LogP contribution in [0.5, 0.6) is 0 Å². The standard InChI is InChI=1S/C18H27N3O2/c1-3-13(2)20-18(23)16-12-14(10-11-19-16)17(22)21-15-8-6-4-5-7-9-15/h10-13,15H,3-9H2,1-2H3,(H,20,23)(H,21,22). The minimum atomic E-state index is -0.233. The van der Waals surface area contributed by atoms with E-state index in [-0.39, 0.29) is 23.9 Å². The highest BCUT2D eigenvalue weighted by molar-refractivity contribution is 5.98. The molecule has 1 saturated carbocycles. The first-order valence-corrected chi connectivity index (χ1v) is 8.68. The van der Waals surface area contributed by atoms with Crippen LogP contribution in [0.1, 0.15) is 79.6 Å². The van der Waals surface area contributed by atoms with Crippen LogP contribution in [0.3, 0.4) is 0 Å². The third-order valence-electron chi connectivity index (χ3n) is 4.44. The fourth-order valence-electron chi connectivity index (χ4n) is 2.79. The van der Waals surface area contributed by atoms with Gasteiger partial charge in [0.1, 0.15) is 5.69 Å². The van der Waals surface area contributed by atoms with Gasteiger partial charge >= 0.3 is 0 Å². The number of aromatic nitrogens is 1. The number of nitrogens with zero attached hydrogens (tertiary/aromatic N) is 1. The molecule has 1 fully saturated rings. The second-order valence-corrected chi connectivity index (χ2v) is 6.37. The van der Waals surface area contributed by atoms with Gasteiger partial charge in [-0.3, -0.25) is 14.6 Å². The SMILES string of the molecule is CCC(C)NC(=O)c1cc(C(=O)NC2CCCCCC2)ccn1. The summed E-state index contributed by atoms with van der Waals surface area (Å²) in [7, 11) is 0. The van der Waals surface area contributed by atoms with Crippen LogP contribution in [0, 0.1) is 0 Å². The molecule has 0 radical (unpaired) electrons. The topological polar surface area (TPSA) is 71.1 Å². The normalized spacial score (nSPS) is 17.1. The van der Waals surface area contributed by atoms with E-state index < -0.39 is 0 Å². The second kappa shape index (κ2) is 8.65. The minimum absolute atomic E-state index is 0.0905. The van der Waals surface area contributed by atoms with Crippen LogP contribution >= 0.6 is 0 Å². The number of amides is 2. The van der Waals surface area contributed by atoms with E-state index in [1.54, 1.807) is 12.1 Å². The molecule has 0 aliphatic heterocycles. The number of pyridine rings is 1. The third kappa shape index (κ3) is 5.34. The van der Waals surface area contributed by atoms with Crippen LogP contribution in [-0.2, 0) is 0 Å². The van der Waals surface area contributed by atoms with Crippen molar-refractivity contribution in [3.05, 3.63) is 29.6 Å². The van der Waals surface area contributed by atoms with Gasteiger partial charge in [-0.25, -0.2) is 0 Å². The molecule has 0 bridgehead atoms. The Kier molecular flexibility index (Phi) is 6.56. The molecule has 1 aromatic rings. The molecule has 126 valence electrons. The first-order valence-electron chi connectivity index (χ1n) is 8.68. The van der Waals surface area contributed by atoms with E-state index in [1.165, 1.54) is 31.9 Å². The zero-order valence-electron chi connectivity index (χ0n) is 14.1. The molecule has 2 rings (SSSR count). The first-order chi connectivity index (χ1) is 11.1. The monoisotopic (exact) mass is 317 g/mol. The Balaban J connectivity index is 2.00. The van der Waals surface area contributed by atoms with Crippen molar-refractivity contribution in [2.75, 3.05) is 0 Å². The summed E-state index contributed by atoms with van der Waals surface area (Å²) in [4.78, 5) is 28.6. The summed E-state index contributed by atoms with van der Waals surface area (Å²) in [5.74, 6) is -0.347. The Bertz CT molecular complexity index is 537. The number of carbonyl (C=O) groups excluding carboxylic acids is 2. The average molecular weight is 317 g/mol. The molecule has 2 amide bonds.